The summed E-state index contributed by atoms with van der Waals surface area (Å²) in [4.78, 5) is 18.8. The van der Waals surface area contributed by atoms with E-state index < -0.39 is 16.0 Å². The SMILES string of the molecule is O=C(Nc1ccccc1S(=O)(=O)O)c1ccncn1. The van der Waals surface area contributed by atoms with E-state index in [2.05, 4.69) is 15.3 Å². The minimum absolute atomic E-state index is 0.0198. The summed E-state index contributed by atoms with van der Waals surface area (Å²) < 4.78 is 31.3. The summed E-state index contributed by atoms with van der Waals surface area (Å²) in [6, 6.07) is 6.90. The van der Waals surface area contributed by atoms with E-state index in [1.165, 1.54) is 42.9 Å². The maximum absolute atomic E-state index is 11.8. The Bertz CT molecular complexity index is 701. The highest BCUT2D eigenvalue weighted by molar-refractivity contribution is 7.86. The van der Waals surface area contributed by atoms with Crippen LogP contribution in [0.5, 0.6) is 0 Å². The van der Waals surface area contributed by atoms with Crippen molar-refractivity contribution in [3.05, 3.63) is 48.5 Å². The third-order valence-electron chi connectivity index (χ3n) is 2.23. The quantitative estimate of drug-likeness (QED) is 0.810. The van der Waals surface area contributed by atoms with Crippen LogP contribution in [0.15, 0.2) is 47.8 Å². The van der Waals surface area contributed by atoms with E-state index in [4.69, 9.17) is 4.55 Å². The first-order chi connectivity index (χ1) is 8.98. The molecule has 2 N–H and O–H groups in total. The molecule has 0 unspecified atom stereocenters. The Morgan fingerprint density at radius 1 is 1.21 bits per heavy atom. The van der Waals surface area contributed by atoms with Crippen molar-refractivity contribution in [3.63, 3.8) is 0 Å². The second kappa shape index (κ2) is 5.12. The Balaban J connectivity index is 2.33. The number of rotatable bonds is 3. The molecule has 0 saturated heterocycles. The number of carbonyl (C=O) groups is 1. The molecule has 0 aliphatic heterocycles. The first kappa shape index (κ1) is 13.1. The van der Waals surface area contributed by atoms with Crippen LogP contribution in [0.3, 0.4) is 0 Å². The Morgan fingerprint density at radius 2 is 1.95 bits per heavy atom. The fourth-order valence-electron chi connectivity index (χ4n) is 1.41. The number of amides is 1. The molecular weight excluding hydrogens is 270 g/mol. The summed E-state index contributed by atoms with van der Waals surface area (Å²) in [6.07, 6.45) is 2.58. The molecule has 7 nitrogen and oxygen atoms in total. The second-order valence-corrected chi connectivity index (χ2v) is 4.91. The summed E-state index contributed by atoms with van der Waals surface area (Å²) in [5, 5.41) is 2.36. The third-order valence-corrected chi connectivity index (χ3v) is 3.14. The van der Waals surface area contributed by atoms with Gasteiger partial charge in [-0.3, -0.25) is 9.35 Å². The van der Waals surface area contributed by atoms with Crippen LogP contribution in [0.1, 0.15) is 10.5 Å². The molecule has 1 aromatic heterocycles. The first-order valence-corrected chi connectivity index (χ1v) is 6.56. The van der Waals surface area contributed by atoms with Crippen LogP contribution in [-0.4, -0.2) is 28.8 Å². The van der Waals surface area contributed by atoms with Crippen LogP contribution >= 0.6 is 0 Å². The van der Waals surface area contributed by atoms with Crippen LogP contribution in [-0.2, 0) is 10.1 Å². The van der Waals surface area contributed by atoms with Crippen molar-refractivity contribution >= 4 is 21.7 Å². The summed E-state index contributed by atoms with van der Waals surface area (Å²) in [6.45, 7) is 0. The molecule has 1 heterocycles. The highest BCUT2D eigenvalue weighted by Gasteiger charge is 2.17. The van der Waals surface area contributed by atoms with Gasteiger partial charge in [0.25, 0.3) is 16.0 Å². The molecule has 2 aromatic rings. The number of nitrogens with one attached hydrogen (secondary N) is 1. The fourth-order valence-corrected chi connectivity index (χ4v) is 2.05. The van der Waals surface area contributed by atoms with Crippen LogP contribution in [0.25, 0.3) is 0 Å². The largest absolute Gasteiger partial charge is 0.319 e. The lowest BCUT2D eigenvalue weighted by Gasteiger charge is -2.08. The summed E-state index contributed by atoms with van der Waals surface area (Å²) >= 11 is 0. The number of para-hydroxylation sites is 1. The molecule has 0 bridgehead atoms. The van der Waals surface area contributed by atoms with Crippen molar-refractivity contribution in [2.75, 3.05) is 5.32 Å². The molecule has 1 amide bonds. The van der Waals surface area contributed by atoms with Gasteiger partial charge in [-0.1, -0.05) is 12.1 Å². The van der Waals surface area contributed by atoms with E-state index in [1.807, 2.05) is 0 Å². The van der Waals surface area contributed by atoms with Crippen molar-refractivity contribution in [3.8, 4) is 0 Å². The lowest BCUT2D eigenvalue weighted by Crippen LogP contribution is -2.15. The smallest absolute Gasteiger partial charge is 0.296 e. The maximum Gasteiger partial charge on any atom is 0.296 e. The molecule has 0 radical (unpaired) electrons. The normalized spacial score (nSPS) is 11.0. The predicted octanol–water partition coefficient (Wildman–Crippen LogP) is 0.976. The Hall–Kier alpha value is -2.32. The van der Waals surface area contributed by atoms with Crippen LogP contribution in [0.4, 0.5) is 5.69 Å². The van der Waals surface area contributed by atoms with E-state index in [0.717, 1.165) is 0 Å². The molecule has 2 rings (SSSR count). The van der Waals surface area contributed by atoms with Gasteiger partial charge in [0.2, 0.25) is 0 Å². The van der Waals surface area contributed by atoms with E-state index in [1.54, 1.807) is 0 Å². The summed E-state index contributed by atoms with van der Waals surface area (Å²) in [5.74, 6) is -0.599. The number of aromatic nitrogens is 2. The van der Waals surface area contributed by atoms with Crippen LogP contribution in [0, 0.1) is 0 Å². The number of anilines is 1. The topological polar surface area (TPSA) is 109 Å². The van der Waals surface area contributed by atoms with E-state index in [0.29, 0.717) is 0 Å². The lowest BCUT2D eigenvalue weighted by molar-refractivity contribution is 0.102. The molecular formula is C11H9N3O4S. The highest BCUT2D eigenvalue weighted by Crippen LogP contribution is 2.20. The molecule has 0 fully saturated rings. The fraction of sp³-hybridized carbons (Fsp3) is 0. The average molecular weight is 279 g/mol. The van der Waals surface area contributed by atoms with Gasteiger partial charge >= 0.3 is 0 Å². The van der Waals surface area contributed by atoms with Gasteiger partial charge in [0, 0.05) is 6.20 Å². The molecule has 0 spiro atoms. The highest BCUT2D eigenvalue weighted by atomic mass is 32.2. The molecule has 8 heteroatoms. The monoisotopic (exact) mass is 279 g/mol. The standard InChI is InChI=1S/C11H9N3O4S/c15-11(9-5-6-12-7-13-9)14-8-3-1-2-4-10(8)19(16,17)18/h1-7H,(H,14,15)(H,16,17,18). The van der Waals surface area contributed by atoms with Gasteiger partial charge in [0.1, 0.15) is 16.9 Å². The van der Waals surface area contributed by atoms with Gasteiger partial charge in [-0.05, 0) is 18.2 Å². The zero-order valence-corrected chi connectivity index (χ0v) is 10.3. The Morgan fingerprint density at radius 3 is 2.58 bits per heavy atom. The van der Waals surface area contributed by atoms with Crippen LogP contribution in [0.2, 0.25) is 0 Å². The van der Waals surface area contributed by atoms with Crippen molar-refractivity contribution in [1.29, 1.82) is 0 Å². The zero-order valence-electron chi connectivity index (χ0n) is 9.52. The molecule has 0 aliphatic rings. The van der Waals surface area contributed by atoms with Crippen LogP contribution < -0.4 is 5.32 Å². The van der Waals surface area contributed by atoms with Gasteiger partial charge in [-0.15, -0.1) is 0 Å². The molecule has 0 aliphatic carbocycles. The molecule has 0 saturated carbocycles. The molecule has 19 heavy (non-hydrogen) atoms. The van der Waals surface area contributed by atoms with Gasteiger partial charge in [-0.25, -0.2) is 9.97 Å². The first-order valence-electron chi connectivity index (χ1n) is 5.12. The maximum atomic E-state index is 11.8. The predicted molar refractivity (Wildman–Crippen MR) is 66.2 cm³/mol. The molecule has 1 aromatic carbocycles. The van der Waals surface area contributed by atoms with E-state index in [9.17, 15) is 13.2 Å². The van der Waals surface area contributed by atoms with Crippen molar-refractivity contribution < 1.29 is 17.8 Å². The second-order valence-electron chi connectivity index (χ2n) is 3.52. The lowest BCUT2D eigenvalue weighted by atomic mass is 10.3. The van der Waals surface area contributed by atoms with Crippen molar-refractivity contribution in [1.82, 2.24) is 9.97 Å². The summed E-state index contributed by atoms with van der Waals surface area (Å²) in [5.41, 5.74) is 0.0637. The summed E-state index contributed by atoms with van der Waals surface area (Å²) in [7, 11) is -4.41. The number of hydrogen-bond acceptors (Lipinski definition) is 5. The van der Waals surface area contributed by atoms with Gasteiger partial charge in [-0.2, -0.15) is 8.42 Å². The Kier molecular flexibility index (Phi) is 3.54. The van der Waals surface area contributed by atoms with E-state index in [-0.39, 0.29) is 16.3 Å². The average Bonchev–Trinajstić information content (AvgIpc) is 2.39. The third kappa shape index (κ3) is 3.12. The minimum atomic E-state index is -4.41. The number of benzene rings is 1. The van der Waals surface area contributed by atoms with Crippen molar-refractivity contribution in [2.45, 2.75) is 4.90 Å². The Labute approximate surface area is 109 Å². The number of nitrogens with zero attached hydrogens (tertiary/aromatic N) is 2. The minimum Gasteiger partial charge on any atom is -0.319 e. The number of hydrogen-bond donors (Lipinski definition) is 2. The number of carbonyl (C=O) groups excluding carboxylic acids is 1. The van der Waals surface area contributed by atoms with Crippen molar-refractivity contribution in [2.24, 2.45) is 0 Å². The van der Waals surface area contributed by atoms with Gasteiger partial charge in [0.15, 0.2) is 0 Å². The molecule has 98 valence electrons. The van der Waals surface area contributed by atoms with E-state index >= 15 is 0 Å². The van der Waals surface area contributed by atoms with Gasteiger partial charge in [0.05, 0.1) is 5.69 Å². The molecule has 0 atom stereocenters. The zero-order chi connectivity index (χ0) is 13.9. The van der Waals surface area contributed by atoms with Gasteiger partial charge < -0.3 is 5.32 Å².